The van der Waals surface area contributed by atoms with Crippen LogP contribution in [0.3, 0.4) is 0 Å². The Hall–Kier alpha value is -1.36. The second-order valence-corrected chi connectivity index (χ2v) is 16.7. The second kappa shape index (κ2) is 9.25. The highest BCUT2D eigenvalue weighted by Crippen LogP contribution is 2.66. The average Bonchev–Trinajstić information content (AvgIpc) is 3.12. The normalized spacial score (nSPS) is 18.0. The van der Waals surface area contributed by atoms with E-state index in [1.54, 1.807) is 0 Å². The molecule has 0 saturated carbocycles. The molecule has 0 aliphatic heterocycles. The first kappa shape index (κ1) is 24.3. The summed E-state index contributed by atoms with van der Waals surface area (Å²) >= 11 is 0. The van der Waals surface area contributed by atoms with Gasteiger partial charge in [0, 0.05) is 5.92 Å². The van der Waals surface area contributed by atoms with Crippen molar-refractivity contribution in [3.05, 3.63) is 83.7 Å². The fourth-order valence-electron chi connectivity index (χ4n) is 5.13. The molecular weight excluding hydrogens is 424 g/mol. The standard InChI is InChI=1S/C27H34F2P2/c1-19(31(26(2,3)4)27(5,6)7)24-9-8-10-25(24)30(22-15-11-20(28)12-16-22)23-17-13-21(29)14-18-23/h8-19,24H,1-7H3. The van der Waals surface area contributed by atoms with E-state index in [1.165, 1.54) is 29.6 Å². The molecule has 166 valence electrons. The Bertz CT molecular complexity index is 885. The van der Waals surface area contributed by atoms with Crippen LogP contribution in [0.25, 0.3) is 0 Å². The van der Waals surface area contributed by atoms with E-state index >= 15 is 0 Å². The van der Waals surface area contributed by atoms with E-state index in [0.29, 0.717) is 11.6 Å². The minimum atomic E-state index is -0.869. The van der Waals surface area contributed by atoms with Crippen molar-refractivity contribution in [3.8, 4) is 0 Å². The molecule has 0 radical (unpaired) electrons. The van der Waals surface area contributed by atoms with Gasteiger partial charge in [0.05, 0.1) is 0 Å². The van der Waals surface area contributed by atoms with Crippen LogP contribution in [-0.4, -0.2) is 16.0 Å². The molecule has 0 N–H and O–H groups in total. The summed E-state index contributed by atoms with van der Waals surface area (Å²) in [4.78, 5) is 0. The number of rotatable bonds is 5. The molecule has 2 aromatic rings. The lowest BCUT2D eigenvalue weighted by molar-refractivity contribution is 0.628. The first-order valence-corrected chi connectivity index (χ1v) is 13.6. The van der Waals surface area contributed by atoms with Crippen molar-refractivity contribution < 1.29 is 8.78 Å². The van der Waals surface area contributed by atoms with Crippen LogP contribution in [0.2, 0.25) is 0 Å². The lowest BCUT2D eigenvalue weighted by Crippen LogP contribution is -2.34. The van der Waals surface area contributed by atoms with E-state index in [0.717, 1.165) is 10.6 Å². The second-order valence-electron chi connectivity index (χ2n) is 10.2. The lowest BCUT2D eigenvalue weighted by Gasteiger charge is -2.48. The highest BCUT2D eigenvalue weighted by atomic mass is 31.1. The highest BCUT2D eigenvalue weighted by molar-refractivity contribution is 7.76. The van der Waals surface area contributed by atoms with Gasteiger partial charge in [-0.25, -0.2) is 8.78 Å². The first-order chi connectivity index (χ1) is 14.4. The molecule has 2 unspecified atom stereocenters. The van der Waals surface area contributed by atoms with Gasteiger partial charge in [0.15, 0.2) is 0 Å². The SMILES string of the molecule is CC(C1C=CC=C1P(c1ccc(F)cc1)c1ccc(F)cc1)P(C(C)(C)C)C(C)(C)C. The van der Waals surface area contributed by atoms with Gasteiger partial charge in [-0.2, -0.15) is 0 Å². The summed E-state index contributed by atoms with van der Waals surface area (Å²) in [6.07, 6.45) is 6.77. The quantitative estimate of drug-likeness (QED) is 0.399. The third-order valence-corrected chi connectivity index (χ3v) is 12.3. The van der Waals surface area contributed by atoms with E-state index in [1.807, 2.05) is 24.3 Å². The minimum Gasteiger partial charge on any atom is -0.207 e. The smallest absolute Gasteiger partial charge is 0.123 e. The molecule has 2 atom stereocenters. The van der Waals surface area contributed by atoms with Crippen molar-refractivity contribution >= 4 is 26.5 Å². The van der Waals surface area contributed by atoms with Crippen molar-refractivity contribution in [2.75, 3.05) is 0 Å². The lowest BCUT2D eigenvalue weighted by atomic mass is 10.1. The summed E-state index contributed by atoms with van der Waals surface area (Å²) < 4.78 is 27.4. The van der Waals surface area contributed by atoms with Crippen molar-refractivity contribution in [1.29, 1.82) is 0 Å². The summed E-state index contributed by atoms with van der Waals surface area (Å²) in [5.74, 6) is -0.138. The molecule has 0 aromatic heterocycles. The van der Waals surface area contributed by atoms with E-state index < -0.39 is 7.92 Å². The van der Waals surface area contributed by atoms with Crippen LogP contribution in [0.15, 0.2) is 72.1 Å². The van der Waals surface area contributed by atoms with Crippen molar-refractivity contribution in [2.45, 2.75) is 64.4 Å². The molecule has 0 amide bonds. The van der Waals surface area contributed by atoms with Gasteiger partial charge in [-0.1, -0.05) is 98.9 Å². The summed E-state index contributed by atoms with van der Waals surface area (Å²) in [7, 11) is -1.19. The van der Waals surface area contributed by atoms with Crippen LogP contribution in [0.1, 0.15) is 48.5 Å². The maximum Gasteiger partial charge on any atom is 0.123 e. The molecule has 2 aromatic carbocycles. The molecule has 1 aliphatic rings. The molecule has 4 heteroatoms. The van der Waals surface area contributed by atoms with Crippen LogP contribution in [0.4, 0.5) is 8.78 Å². The first-order valence-electron chi connectivity index (χ1n) is 10.9. The number of allylic oxidation sites excluding steroid dienone is 4. The zero-order valence-corrected chi connectivity index (χ0v) is 21.4. The van der Waals surface area contributed by atoms with Crippen LogP contribution in [0.5, 0.6) is 0 Å². The summed E-state index contributed by atoms with van der Waals surface area (Å²) in [6, 6.07) is 13.7. The van der Waals surface area contributed by atoms with Crippen molar-refractivity contribution in [2.24, 2.45) is 5.92 Å². The Morgan fingerprint density at radius 3 is 1.55 bits per heavy atom. The Labute approximate surface area is 189 Å². The Kier molecular flexibility index (Phi) is 7.25. The molecule has 0 heterocycles. The van der Waals surface area contributed by atoms with Gasteiger partial charge >= 0.3 is 0 Å². The molecule has 3 rings (SSSR count). The van der Waals surface area contributed by atoms with Crippen LogP contribution in [0, 0.1) is 17.6 Å². The molecule has 0 bridgehead atoms. The van der Waals surface area contributed by atoms with Crippen LogP contribution >= 0.6 is 15.8 Å². The van der Waals surface area contributed by atoms with Gasteiger partial charge in [-0.3, -0.25) is 0 Å². The van der Waals surface area contributed by atoms with E-state index in [4.69, 9.17) is 0 Å². The molecular formula is C27H34F2P2. The molecule has 0 saturated heterocycles. The predicted molar refractivity (Wildman–Crippen MR) is 136 cm³/mol. The zero-order chi connectivity index (χ0) is 23.0. The Balaban J connectivity index is 2.06. The maximum atomic E-state index is 13.7. The fraction of sp³-hybridized carbons (Fsp3) is 0.407. The number of benzene rings is 2. The Morgan fingerprint density at radius 1 is 0.742 bits per heavy atom. The predicted octanol–water partition coefficient (Wildman–Crippen LogP) is 7.93. The highest BCUT2D eigenvalue weighted by Gasteiger charge is 2.42. The third-order valence-electron chi connectivity index (χ3n) is 5.73. The summed E-state index contributed by atoms with van der Waals surface area (Å²) in [5.41, 5.74) is 0.492. The molecule has 0 spiro atoms. The van der Waals surface area contributed by atoms with E-state index in [-0.39, 0.29) is 29.9 Å². The van der Waals surface area contributed by atoms with Gasteiger partial charge in [-0.05, 0) is 64.1 Å². The van der Waals surface area contributed by atoms with E-state index in [9.17, 15) is 8.78 Å². The van der Waals surface area contributed by atoms with Crippen molar-refractivity contribution in [3.63, 3.8) is 0 Å². The summed E-state index contributed by atoms with van der Waals surface area (Å²) in [6.45, 7) is 16.6. The van der Waals surface area contributed by atoms with Gasteiger partial charge in [0.25, 0.3) is 0 Å². The van der Waals surface area contributed by atoms with Crippen molar-refractivity contribution in [1.82, 2.24) is 0 Å². The number of halogens is 2. The molecule has 0 nitrogen and oxygen atoms in total. The molecule has 0 fully saturated rings. The Morgan fingerprint density at radius 2 is 1.16 bits per heavy atom. The van der Waals surface area contributed by atoms with Crippen LogP contribution in [-0.2, 0) is 0 Å². The van der Waals surface area contributed by atoms with Gasteiger partial charge in [0.2, 0.25) is 0 Å². The van der Waals surface area contributed by atoms with E-state index in [2.05, 4.69) is 66.7 Å². The topological polar surface area (TPSA) is 0 Å². The third kappa shape index (κ3) is 5.53. The average molecular weight is 459 g/mol. The fourth-order valence-corrected chi connectivity index (χ4v) is 12.9. The molecule has 1 aliphatic carbocycles. The zero-order valence-electron chi connectivity index (χ0n) is 19.7. The largest absolute Gasteiger partial charge is 0.207 e. The number of hydrogen-bond donors (Lipinski definition) is 0. The number of hydrogen-bond acceptors (Lipinski definition) is 0. The van der Waals surface area contributed by atoms with Gasteiger partial charge in [0.1, 0.15) is 11.6 Å². The maximum absolute atomic E-state index is 13.7. The minimum absolute atomic E-state index is 0.225. The van der Waals surface area contributed by atoms with Crippen LogP contribution < -0.4 is 10.6 Å². The monoisotopic (exact) mass is 458 g/mol. The summed E-state index contributed by atoms with van der Waals surface area (Å²) in [5, 5.41) is 4.03. The molecule has 31 heavy (non-hydrogen) atoms. The van der Waals surface area contributed by atoms with Gasteiger partial charge < -0.3 is 0 Å². The van der Waals surface area contributed by atoms with Gasteiger partial charge in [-0.15, -0.1) is 0 Å².